The fraction of sp³-hybridized carbons (Fsp3) is 0.350. The van der Waals surface area contributed by atoms with Gasteiger partial charge in [-0.05, 0) is 32.4 Å². The highest BCUT2D eigenvalue weighted by molar-refractivity contribution is 6.10. The number of hydrogen-bond donors (Lipinski definition) is 1. The number of methoxy groups -OCH3 is 2. The number of ether oxygens (including phenoxy) is 2. The zero-order chi connectivity index (χ0) is 21.6. The van der Waals surface area contributed by atoms with Crippen LogP contribution in [0.4, 0.5) is 5.69 Å². The van der Waals surface area contributed by atoms with Gasteiger partial charge in [-0.25, -0.2) is 9.97 Å². The van der Waals surface area contributed by atoms with Crippen LogP contribution in [-0.2, 0) is 12.2 Å². The zero-order valence-electron chi connectivity index (χ0n) is 17.5. The monoisotopic (exact) mass is 409 g/mol. The van der Waals surface area contributed by atoms with Crippen LogP contribution in [0.2, 0.25) is 0 Å². The Labute approximate surface area is 173 Å². The Kier molecular flexibility index (Phi) is 4.65. The largest absolute Gasteiger partial charge is 0.480 e. The lowest BCUT2D eigenvalue weighted by Crippen LogP contribution is -2.36. The highest BCUT2D eigenvalue weighted by Gasteiger charge is 2.33. The van der Waals surface area contributed by atoms with Gasteiger partial charge in [-0.3, -0.25) is 14.4 Å². The number of rotatable bonds is 5. The van der Waals surface area contributed by atoms with Crippen molar-refractivity contribution in [3.05, 3.63) is 41.5 Å². The summed E-state index contributed by atoms with van der Waals surface area (Å²) in [5.41, 5.74) is 9.42. The minimum Gasteiger partial charge on any atom is -0.480 e. The van der Waals surface area contributed by atoms with Crippen LogP contribution in [-0.4, -0.2) is 44.9 Å². The Balaban J connectivity index is 1.72. The van der Waals surface area contributed by atoms with E-state index in [1.54, 1.807) is 28.2 Å². The molecule has 0 unspecified atom stereocenters. The van der Waals surface area contributed by atoms with Gasteiger partial charge in [0.1, 0.15) is 5.66 Å². The highest BCUT2D eigenvalue weighted by Crippen LogP contribution is 2.34. The lowest BCUT2D eigenvalue weighted by molar-refractivity contribution is 0.0996. The predicted molar refractivity (Wildman–Crippen MR) is 109 cm³/mol. The summed E-state index contributed by atoms with van der Waals surface area (Å²) >= 11 is 0. The van der Waals surface area contributed by atoms with Gasteiger partial charge in [0.15, 0.2) is 0 Å². The average molecular weight is 409 g/mol. The molecule has 2 N–H and O–H groups in total. The summed E-state index contributed by atoms with van der Waals surface area (Å²) in [6.07, 6.45) is 5.00. The number of anilines is 1. The van der Waals surface area contributed by atoms with Gasteiger partial charge in [-0.1, -0.05) is 0 Å². The summed E-state index contributed by atoms with van der Waals surface area (Å²) in [7, 11) is 3.01. The number of aromatic nitrogens is 5. The molecule has 1 amide bonds. The first-order chi connectivity index (χ1) is 14.2. The molecule has 0 atom stereocenters. The van der Waals surface area contributed by atoms with E-state index in [-0.39, 0.29) is 11.9 Å². The second-order valence-corrected chi connectivity index (χ2v) is 7.61. The number of aryl methyl sites for hydroxylation is 1. The van der Waals surface area contributed by atoms with E-state index in [9.17, 15) is 4.79 Å². The molecule has 3 aromatic rings. The predicted octanol–water partition coefficient (Wildman–Crippen LogP) is 1.87. The zero-order valence-corrected chi connectivity index (χ0v) is 17.5. The van der Waals surface area contributed by atoms with Gasteiger partial charge in [0.05, 0.1) is 61.4 Å². The van der Waals surface area contributed by atoms with E-state index in [2.05, 4.69) is 15.1 Å². The maximum absolute atomic E-state index is 13.1. The minimum atomic E-state index is -0.667. The summed E-state index contributed by atoms with van der Waals surface area (Å²) in [6.45, 7) is 5.90. The molecule has 0 saturated heterocycles. The lowest BCUT2D eigenvalue weighted by atomic mass is 10.1. The molecule has 0 radical (unpaired) electrons. The molecule has 0 fully saturated rings. The van der Waals surface area contributed by atoms with E-state index in [0.717, 1.165) is 5.56 Å². The Morgan fingerprint density at radius 3 is 2.57 bits per heavy atom. The van der Waals surface area contributed by atoms with E-state index in [0.29, 0.717) is 40.6 Å². The Hall–Kier alpha value is -3.53. The van der Waals surface area contributed by atoms with Crippen molar-refractivity contribution >= 4 is 11.6 Å². The van der Waals surface area contributed by atoms with Gasteiger partial charge < -0.3 is 15.2 Å². The Morgan fingerprint density at radius 1 is 1.17 bits per heavy atom. The minimum absolute atomic E-state index is 0.117. The molecule has 0 bridgehead atoms. The van der Waals surface area contributed by atoms with Crippen LogP contribution in [0.3, 0.4) is 0 Å². The number of fused-ring (bicyclic) bond motifs is 1. The van der Waals surface area contributed by atoms with Crippen molar-refractivity contribution in [2.75, 3.05) is 19.1 Å². The van der Waals surface area contributed by atoms with Gasteiger partial charge in [0.25, 0.3) is 5.91 Å². The van der Waals surface area contributed by atoms with Crippen LogP contribution in [0.25, 0.3) is 11.3 Å². The molecule has 3 aromatic heterocycles. The summed E-state index contributed by atoms with van der Waals surface area (Å²) in [5, 5.41) is 4.29. The molecule has 1 aliphatic heterocycles. The SMILES string of the molecule is COc1ncc(-c2cc(C)c3c(n2)CN(c2cnn(C(C)(C)N)c2)C3=O)c(OC)n1. The van der Waals surface area contributed by atoms with E-state index in [1.165, 1.54) is 14.2 Å². The normalized spacial score (nSPS) is 13.5. The van der Waals surface area contributed by atoms with Crippen molar-refractivity contribution in [1.29, 1.82) is 0 Å². The fourth-order valence-corrected chi connectivity index (χ4v) is 3.40. The van der Waals surface area contributed by atoms with Crippen molar-refractivity contribution in [3.8, 4) is 23.1 Å². The van der Waals surface area contributed by atoms with E-state index in [1.807, 2.05) is 26.8 Å². The Bertz CT molecular complexity index is 1130. The van der Waals surface area contributed by atoms with Crippen LogP contribution in [0, 0.1) is 6.92 Å². The van der Waals surface area contributed by atoms with Gasteiger partial charge in [-0.15, -0.1) is 0 Å². The molecule has 10 nitrogen and oxygen atoms in total. The molecular weight excluding hydrogens is 386 g/mol. The van der Waals surface area contributed by atoms with Crippen molar-refractivity contribution in [1.82, 2.24) is 24.7 Å². The van der Waals surface area contributed by atoms with Crippen molar-refractivity contribution < 1.29 is 14.3 Å². The molecule has 30 heavy (non-hydrogen) atoms. The number of carbonyl (C=O) groups is 1. The molecule has 0 saturated carbocycles. The van der Waals surface area contributed by atoms with Gasteiger partial charge >= 0.3 is 6.01 Å². The van der Waals surface area contributed by atoms with Crippen LogP contribution in [0.15, 0.2) is 24.7 Å². The average Bonchev–Trinajstić information content (AvgIpc) is 3.32. The molecule has 0 spiro atoms. The maximum Gasteiger partial charge on any atom is 0.319 e. The standard InChI is InChI=1S/C20H23N7O3/c1-11-6-14(13-8-22-19(30-5)25-17(13)29-4)24-15-10-26(18(28)16(11)15)12-7-23-27(9-12)20(2,3)21/h6-9H,10,21H2,1-5H3. The van der Waals surface area contributed by atoms with Crippen LogP contribution >= 0.6 is 0 Å². The fourth-order valence-electron chi connectivity index (χ4n) is 3.40. The van der Waals surface area contributed by atoms with E-state index < -0.39 is 5.66 Å². The molecule has 156 valence electrons. The quantitative estimate of drug-likeness (QED) is 0.678. The summed E-state index contributed by atoms with van der Waals surface area (Å²) in [5.74, 6) is 0.232. The molecule has 0 aliphatic carbocycles. The second kappa shape index (κ2) is 7.06. The van der Waals surface area contributed by atoms with Gasteiger partial charge in [0.2, 0.25) is 5.88 Å². The lowest BCUT2D eigenvalue weighted by Gasteiger charge is -2.19. The third kappa shape index (κ3) is 3.24. The summed E-state index contributed by atoms with van der Waals surface area (Å²) in [6, 6.07) is 2.04. The highest BCUT2D eigenvalue weighted by atomic mass is 16.5. The molecule has 4 heterocycles. The number of nitrogens with two attached hydrogens (primary N) is 1. The van der Waals surface area contributed by atoms with Crippen LogP contribution in [0.5, 0.6) is 11.9 Å². The Morgan fingerprint density at radius 2 is 1.93 bits per heavy atom. The second-order valence-electron chi connectivity index (χ2n) is 7.61. The first kappa shape index (κ1) is 19.8. The third-order valence-corrected chi connectivity index (χ3v) is 4.91. The molecular formula is C20H23N7O3. The third-order valence-electron chi connectivity index (χ3n) is 4.91. The van der Waals surface area contributed by atoms with E-state index >= 15 is 0 Å². The number of carbonyl (C=O) groups excluding carboxylic acids is 1. The van der Waals surface area contributed by atoms with Crippen molar-refractivity contribution in [2.24, 2.45) is 5.73 Å². The summed E-state index contributed by atoms with van der Waals surface area (Å²) < 4.78 is 12.1. The molecule has 10 heteroatoms. The van der Waals surface area contributed by atoms with Gasteiger partial charge in [0, 0.05) is 6.20 Å². The number of hydrogen-bond acceptors (Lipinski definition) is 8. The number of pyridine rings is 1. The molecule has 4 rings (SSSR count). The topological polar surface area (TPSA) is 121 Å². The molecule has 0 aromatic carbocycles. The first-order valence-corrected chi connectivity index (χ1v) is 9.34. The van der Waals surface area contributed by atoms with Crippen molar-refractivity contribution in [2.45, 2.75) is 33.0 Å². The number of nitrogens with zero attached hydrogens (tertiary/aromatic N) is 6. The van der Waals surface area contributed by atoms with Gasteiger partial charge in [-0.2, -0.15) is 10.1 Å². The first-order valence-electron chi connectivity index (χ1n) is 9.34. The maximum atomic E-state index is 13.1. The number of amides is 1. The van der Waals surface area contributed by atoms with E-state index in [4.69, 9.17) is 20.2 Å². The smallest absolute Gasteiger partial charge is 0.319 e. The molecule has 1 aliphatic rings. The van der Waals surface area contributed by atoms with Crippen molar-refractivity contribution in [3.63, 3.8) is 0 Å². The van der Waals surface area contributed by atoms with Crippen LogP contribution < -0.4 is 20.1 Å². The van der Waals surface area contributed by atoms with Crippen LogP contribution in [0.1, 0.15) is 35.5 Å². The summed E-state index contributed by atoms with van der Waals surface area (Å²) in [4.78, 5) is 27.8.